The molecule has 1 amide bonds. The number of halogens is 1. The lowest BCUT2D eigenvalue weighted by Crippen LogP contribution is -2.24. The Morgan fingerprint density at radius 1 is 1.33 bits per heavy atom. The molecule has 0 atom stereocenters. The molecule has 2 rings (SSSR count). The van der Waals surface area contributed by atoms with Gasteiger partial charge in [0.2, 0.25) is 17.6 Å². The van der Waals surface area contributed by atoms with E-state index < -0.39 is 0 Å². The van der Waals surface area contributed by atoms with E-state index in [0.717, 1.165) is 28.5 Å². The number of hydrogen-bond acceptors (Lipinski definition) is 4. The molecule has 0 spiro atoms. The highest BCUT2D eigenvalue weighted by Gasteiger charge is 2.10. The maximum absolute atomic E-state index is 11.6. The number of unbranched alkanes of at least 4 members (excludes halogenated alkanes) is 1. The average Bonchev–Trinajstić information content (AvgIpc) is 2.95. The molecule has 0 unspecified atom stereocenters. The number of carbonyl (C=O) groups excluding carboxylic acids is 1. The van der Waals surface area contributed by atoms with Crippen molar-refractivity contribution in [1.82, 2.24) is 15.5 Å². The number of nitrogens with zero attached hydrogens (tertiary/aromatic N) is 2. The maximum Gasteiger partial charge on any atom is 0.227 e. The highest BCUT2D eigenvalue weighted by molar-refractivity contribution is 14.1. The first-order chi connectivity index (χ1) is 10.2. The quantitative estimate of drug-likeness (QED) is 0.574. The zero-order chi connectivity index (χ0) is 15.1. The molecular formula is C15H18IN3O2. The summed E-state index contributed by atoms with van der Waals surface area (Å²) < 4.78 is 6.34. The van der Waals surface area contributed by atoms with Crippen LogP contribution in [0.25, 0.3) is 11.4 Å². The van der Waals surface area contributed by atoms with E-state index in [2.05, 4.69) is 45.0 Å². The molecule has 21 heavy (non-hydrogen) atoms. The second-order valence-electron chi connectivity index (χ2n) is 4.72. The number of amides is 1. The third kappa shape index (κ3) is 5.11. The van der Waals surface area contributed by atoms with Gasteiger partial charge in [0.1, 0.15) is 0 Å². The number of aromatic nitrogens is 2. The number of nitrogens with one attached hydrogen (secondary N) is 1. The molecule has 2 aromatic rings. The summed E-state index contributed by atoms with van der Waals surface area (Å²) in [6.45, 7) is 2.82. The van der Waals surface area contributed by atoms with Crippen LogP contribution in [0.15, 0.2) is 28.8 Å². The third-order valence-corrected chi connectivity index (χ3v) is 3.71. The first-order valence-corrected chi connectivity index (χ1v) is 8.12. The molecule has 1 N–H and O–H groups in total. The lowest BCUT2D eigenvalue weighted by atomic mass is 10.2. The molecule has 0 saturated carbocycles. The van der Waals surface area contributed by atoms with E-state index in [9.17, 15) is 4.79 Å². The Kier molecular flexibility index (Phi) is 6.16. The molecule has 0 fully saturated rings. The van der Waals surface area contributed by atoms with Gasteiger partial charge in [-0.05, 0) is 41.1 Å². The van der Waals surface area contributed by atoms with Crippen LogP contribution in [0.4, 0.5) is 0 Å². The summed E-state index contributed by atoms with van der Waals surface area (Å²) in [4.78, 5) is 15.9. The van der Waals surface area contributed by atoms with Crippen LogP contribution in [0.1, 0.15) is 32.1 Å². The van der Waals surface area contributed by atoms with Crippen LogP contribution in [-0.4, -0.2) is 22.6 Å². The van der Waals surface area contributed by atoms with E-state index in [1.165, 1.54) is 0 Å². The summed E-state index contributed by atoms with van der Waals surface area (Å²) in [6.07, 6.45) is 2.92. The summed E-state index contributed by atoms with van der Waals surface area (Å²) in [5.74, 6) is 1.08. The van der Waals surface area contributed by atoms with Crippen molar-refractivity contribution in [2.75, 3.05) is 6.54 Å². The molecule has 1 aromatic carbocycles. The van der Waals surface area contributed by atoms with Crippen molar-refractivity contribution in [2.45, 2.75) is 32.6 Å². The van der Waals surface area contributed by atoms with Gasteiger partial charge in [-0.3, -0.25) is 4.79 Å². The molecular weight excluding hydrogens is 381 g/mol. The van der Waals surface area contributed by atoms with Gasteiger partial charge in [0.25, 0.3) is 0 Å². The zero-order valence-corrected chi connectivity index (χ0v) is 14.1. The van der Waals surface area contributed by atoms with Crippen LogP contribution < -0.4 is 5.32 Å². The molecule has 6 heteroatoms. The minimum absolute atomic E-state index is 0.0254. The van der Waals surface area contributed by atoms with Gasteiger partial charge in [0, 0.05) is 28.5 Å². The second-order valence-corrected chi connectivity index (χ2v) is 5.97. The fraction of sp³-hybridized carbons (Fsp3) is 0.400. The first-order valence-electron chi connectivity index (χ1n) is 7.04. The van der Waals surface area contributed by atoms with Crippen LogP contribution >= 0.6 is 22.6 Å². The number of aryl methyl sites for hydroxylation is 1. The van der Waals surface area contributed by atoms with E-state index >= 15 is 0 Å². The Hall–Kier alpha value is -1.44. The number of rotatable bonds is 7. The SMILES string of the molecule is CCCCNC(=O)CCc1nc(-c2ccc(I)cc2)no1. The van der Waals surface area contributed by atoms with Crippen molar-refractivity contribution < 1.29 is 9.32 Å². The molecule has 0 radical (unpaired) electrons. The lowest BCUT2D eigenvalue weighted by Gasteiger charge is -2.01. The van der Waals surface area contributed by atoms with Gasteiger partial charge in [-0.2, -0.15) is 4.98 Å². The van der Waals surface area contributed by atoms with E-state index in [1.54, 1.807) is 0 Å². The van der Waals surface area contributed by atoms with Crippen LogP contribution in [0.3, 0.4) is 0 Å². The van der Waals surface area contributed by atoms with E-state index in [1.807, 2.05) is 24.3 Å². The van der Waals surface area contributed by atoms with Crippen LogP contribution in [-0.2, 0) is 11.2 Å². The Morgan fingerprint density at radius 3 is 2.81 bits per heavy atom. The van der Waals surface area contributed by atoms with Crippen LogP contribution in [0, 0.1) is 3.57 Å². The normalized spacial score (nSPS) is 10.6. The summed E-state index contributed by atoms with van der Waals surface area (Å²) in [5.41, 5.74) is 0.915. The Labute approximate surface area is 137 Å². The molecule has 0 aliphatic rings. The van der Waals surface area contributed by atoms with Crippen molar-refractivity contribution in [2.24, 2.45) is 0 Å². The van der Waals surface area contributed by atoms with Crippen LogP contribution in [0.2, 0.25) is 0 Å². The van der Waals surface area contributed by atoms with E-state index in [-0.39, 0.29) is 5.91 Å². The standard InChI is InChI=1S/C15H18IN3O2/c1-2-3-10-17-13(20)8-9-14-18-15(19-21-14)11-4-6-12(16)7-5-11/h4-7H,2-3,8-10H2,1H3,(H,17,20). The summed E-state index contributed by atoms with van der Waals surface area (Å²) >= 11 is 2.25. The van der Waals surface area contributed by atoms with E-state index in [0.29, 0.717) is 24.6 Å². The number of benzene rings is 1. The topological polar surface area (TPSA) is 68.0 Å². The minimum Gasteiger partial charge on any atom is -0.356 e. The molecule has 0 aliphatic heterocycles. The third-order valence-electron chi connectivity index (χ3n) is 2.99. The number of carbonyl (C=O) groups is 1. The minimum atomic E-state index is 0.0254. The van der Waals surface area contributed by atoms with Gasteiger partial charge >= 0.3 is 0 Å². The van der Waals surface area contributed by atoms with Crippen molar-refractivity contribution in [3.8, 4) is 11.4 Å². The van der Waals surface area contributed by atoms with Gasteiger partial charge in [-0.15, -0.1) is 0 Å². The van der Waals surface area contributed by atoms with Gasteiger partial charge in [0.15, 0.2) is 0 Å². The fourth-order valence-corrected chi connectivity index (χ4v) is 2.15. The Bertz CT molecular complexity index is 581. The van der Waals surface area contributed by atoms with Gasteiger partial charge < -0.3 is 9.84 Å². The zero-order valence-electron chi connectivity index (χ0n) is 11.9. The summed E-state index contributed by atoms with van der Waals surface area (Å²) in [6, 6.07) is 7.89. The Balaban J connectivity index is 1.86. The summed E-state index contributed by atoms with van der Waals surface area (Å²) in [5, 5.41) is 6.82. The largest absolute Gasteiger partial charge is 0.356 e. The highest BCUT2D eigenvalue weighted by Crippen LogP contribution is 2.17. The van der Waals surface area contributed by atoms with Crippen molar-refractivity contribution in [3.05, 3.63) is 33.7 Å². The fourth-order valence-electron chi connectivity index (χ4n) is 1.79. The highest BCUT2D eigenvalue weighted by atomic mass is 127. The molecule has 1 aromatic heterocycles. The van der Waals surface area contributed by atoms with Crippen LogP contribution in [0.5, 0.6) is 0 Å². The van der Waals surface area contributed by atoms with Gasteiger partial charge in [-0.1, -0.05) is 30.6 Å². The first kappa shape index (κ1) is 15.9. The van der Waals surface area contributed by atoms with Crippen molar-refractivity contribution >= 4 is 28.5 Å². The average molecular weight is 399 g/mol. The van der Waals surface area contributed by atoms with Gasteiger partial charge in [0.05, 0.1) is 0 Å². The molecule has 112 valence electrons. The monoisotopic (exact) mass is 399 g/mol. The molecule has 5 nitrogen and oxygen atoms in total. The Morgan fingerprint density at radius 2 is 2.10 bits per heavy atom. The molecule has 0 aliphatic carbocycles. The van der Waals surface area contributed by atoms with E-state index in [4.69, 9.17) is 4.52 Å². The molecule has 1 heterocycles. The second kappa shape index (κ2) is 8.11. The predicted molar refractivity (Wildman–Crippen MR) is 88.7 cm³/mol. The maximum atomic E-state index is 11.6. The van der Waals surface area contributed by atoms with Gasteiger partial charge in [-0.25, -0.2) is 0 Å². The van der Waals surface area contributed by atoms with Crippen molar-refractivity contribution in [1.29, 1.82) is 0 Å². The lowest BCUT2D eigenvalue weighted by molar-refractivity contribution is -0.121. The summed E-state index contributed by atoms with van der Waals surface area (Å²) in [7, 11) is 0. The molecule has 0 saturated heterocycles. The predicted octanol–water partition coefficient (Wildman–Crippen LogP) is 3.19. The smallest absolute Gasteiger partial charge is 0.227 e. The van der Waals surface area contributed by atoms with Crippen molar-refractivity contribution in [3.63, 3.8) is 0 Å². The number of hydrogen-bond donors (Lipinski definition) is 1. The molecule has 0 bridgehead atoms.